The zero-order chi connectivity index (χ0) is 12.1. The van der Waals surface area contributed by atoms with Crippen LogP contribution in [-0.2, 0) is 0 Å². The largest absolute Gasteiger partial charge is 0.349 e. The lowest BCUT2D eigenvalue weighted by molar-refractivity contribution is 0.0944. The van der Waals surface area contributed by atoms with Crippen LogP contribution in [0.3, 0.4) is 0 Å². The maximum atomic E-state index is 11.8. The Hall–Kier alpha value is -0.940. The Balaban J connectivity index is 1.79. The number of nitrogens with zero attached hydrogens (tertiary/aromatic N) is 2. The first-order valence-electron chi connectivity index (χ1n) is 5.88. The van der Waals surface area contributed by atoms with Crippen LogP contribution in [0.4, 0.5) is 0 Å². The van der Waals surface area contributed by atoms with E-state index in [-0.39, 0.29) is 5.91 Å². The van der Waals surface area contributed by atoms with Crippen LogP contribution in [0.1, 0.15) is 23.3 Å². The molecule has 0 bridgehead atoms. The lowest BCUT2D eigenvalue weighted by Crippen LogP contribution is -2.33. The van der Waals surface area contributed by atoms with Crippen LogP contribution in [0.25, 0.3) is 0 Å². The summed E-state index contributed by atoms with van der Waals surface area (Å²) >= 11 is 3.32. The SMILES string of the molecule is O=C(NCCN1CCCC1)c1ncccc1Br. The van der Waals surface area contributed by atoms with Crippen LogP contribution >= 0.6 is 15.9 Å². The van der Waals surface area contributed by atoms with Crippen LogP contribution in [-0.4, -0.2) is 42.0 Å². The van der Waals surface area contributed by atoms with Gasteiger partial charge < -0.3 is 10.2 Å². The van der Waals surface area contributed by atoms with Gasteiger partial charge in [-0.25, -0.2) is 4.98 Å². The molecule has 1 aliphatic rings. The third-order valence-electron chi connectivity index (χ3n) is 2.89. The van der Waals surface area contributed by atoms with Crippen molar-refractivity contribution in [2.45, 2.75) is 12.8 Å². The smallest absolute Gasteiger partial charge is 0.271 e. The molecule has 1 N–H and O–H groups in total. The van der Waals surface area contributed by atoms with Crippen molar-refractivity contribution in [2.75, 3.05) is 26.2 Å². The number of likely N-dealkylation sites (tertiary alicyclic amines) is 1. The molecule has 1 aliphatic heterocycles. The average Bonchev–Trinajstić information content (AvgIpc) is 2.82. The molecule has 0 aromatic carbocycles. The highest BCUT2D eigenvalue weighted by Gasteiger charge is 2.13. The van der Waals surface area contributed by atoms with Gasteiger partial charge in [0.05, 0.1) is 0 Å². The van der Waals surface area contributed by atoms with Crippen molar-refractivity contribution in [1.82, 2.24) is 15.2 Å². The van der Waals surface area contributed by atoms with Gasteiger partial charge in [-0.2, -0.15) is 0 Å². The minimum absolute atomic E-state index is 0.114. The van der Waals surface area contributed by atoms with Crippen molar-refractivity contribution in [3.63, 3.8) is 0 Å². The highest BCUT2D eigenvalue weighted by molar-refractivity contribution is 9.10. The van der Waals surface area contributed by atoms with Crippen LogP contribution in [0, 0.1) is 0 Å². The molecule has 1 fully saturated rings. The third kappa shape index (κ3) is 3.51. The van der Waals surface area contributed by atoms with E-state index >= 15 is 0 Å². The lowest BCUT2D eigenvalue weighted by atomic mass is 10.3. The van der Waals surface area contributed by atoms with Gasteiger partial charge in [-0.05, 0) is 54.0 Å². The van der Waals surface area contributed by atoms with Crippen molar-refractivity contribution in [3.8, 4) is 0 Å². The molecule has 17 heavy (non-hydrogen) atoms. The molecule has 4 nitrogen and oxygen atoms in total. The van der Waals surface area contributed by atoms with E-state index in [1.165, 1.54) is 12.8 Å². The number of carbonyl (C=O) groups excluding carboxylic acids is 1. The number of hydrogen-bond donors (Lipinski definition) is 1. The fourth-order valence-electron chi connectivity index (χ4n) is 1.97. The molecule has 0 radical (unpaired) electrons. The predicted octanol–water partition coefficient (Wildman–Crippen LogP) is 1.67. The third-order valence-corrected chi connectivity index (χ3v) is 3.53. The number of carbonyl (C=O) groups is 1. The van der Waals surface area contributed by atoms with E-state index in [9.17, 15) is 4.79 Å². The summed E-state index contributed by atoms with van der Waals surface area (Å²) in [6, 6.07) is 3.62. The predicted molar refractivity (Wildman–Crippen MR) is 69.9 cm³/mol. The van der Waals surface area contributed by atoms with Gasteiger partial charge in [-0.1, -0.05) is 0 Å². The van der Waals surface area contributed by atoms with Crippen molar-refractivity contribution in [2.24, 2.45) is 0 Å². The molecule has 0 spiro atoms. The van der Waals surface area contributed by atoms with Gasteiger partial charge in [0, 0.05) is 23.8 Å². The van der Waals surface area contributed by atoms with Gasteiger partial charge in [-0.3, -0.25) is 4.79 Å². The molecule has 1 aromatic heterocycles. The van der Waals surface area contributed by atoms with E-state index in [4.69, 9.17) is 0 Å². The summed E-state index contributed by atoms with van der Waals surface area (Å²) in [5, 5.41) is 2.89. The molecule has 92 valence electrons. The summed E-state index contributed by atoms with van der Waals surface area (Å²) < 4.78 is 0.735. The Morgan fingerprint density at radius 3 is 2.94 bits per heavy atom. The van der Waals surface area contributed by atoms with Gasteiger partial charge in [0.2, 0.25) is 0 Å². The number of rotatable bonds is 4. The van der Waals surface area contributed by atoms with Gasteiger partial charge in [0.1, 0.15) is 5.69 Å². The maximum absolute atomic E-state index is 11.8. The fourth-order valence-corrected chi connectivity index (χ4v) is 2.41. The zero-order valence-corrected chi connectivity index (χ0v) is 11.2. The second-order valence-corrected chi connectivity index (χ2v) is 4.99. The summed E-state index contributed by atoms with van der Waals surface area (Å²) in [4.78, 5) is 18.2. The highest BCUT2D eigenvalue weighted by atomic mass is 79.9. The highest BCUT2D eigenvalue weighted by Crippen LogP contribution is 2.12. The number of hydrogen-bond acceptors (Lipinski definition) is 3. The topological polar surface area (TPSA) is 45.2 Å². The second-order valence-electron chi connectivity index (χ2n) is 4.14. The van der Waals surface area contributed by atoms with Gasteiger partial charge >= 0.3 is 0 Å². The van der Waals surface area contributed by atoms with Gasteiger partial charge in [0.15, 0.2) is 0 Å². The summed E-state index contributed by atoms with van der Waals surface area (Å²) in [6.45, 7) is 3.92. The summed E-state index contributed by atoms with van der Waals surface area (Å²) in [5.41, 5.74) is 0.453. The number of amides is 1. The van der Waals surface area contributed by atoms with E-state index in [1.807, 2.05) is 6.07 Å². The zero-order valence-electron chi connectivity index (χ0n) is 9.66. The standard InChI is InChI=1S/C12H16BrN3O/c13-10-4-3-5-14-11(10)12(17)15-6-9-16-7-1-2-8-16/h3-5H,1-2,6-9H2,(H,15,17). The monoisotopic (exact) mass is 297 g/mol. The van der Waals surface area contributed by atoms with E-state index in [2.05, 4.69) is 31.1 Å². The van der Waals surface area contributed by atoms with E-state index in [0.29, 0.717) is 12.2 Å². The van der Waals surface area contributed by atoms with Crippen LogP contribution in [0.2, 0.25) is 0 Å². The Morgan fingerprint density at radius 1 is 1.47 bits per heavy atom. The minimum Gasteiger partial charge on any atom is -0.349 e. The second kappa shape index (κ2) is 6.12. The molecule has 1 aromatic rings. The van der Waals surface area contributed by atoms with Crippen LogP contribution in [0.15, 0.2) is 22.8 Å². The summed E-state index contributed by atoms with van der Waals surface area (Å²) in [6.07, 6.45) is 4.18. The molecule has 2 rings (SSSR count). The number of pyridine rings is 1. The lowest BCUT2D eigenvalue weighted by Gasteiger charge is -2.14. The first kappa shape index (κ1) is 12.5. The molecule has 1 saturated heterocycles. The van der Waals surface area contributed by atoms with Crippen molar-refractivity contribution < 1.29 is 4.79 Å². The number of aromatic nitrogens is 1. The Kier molecular flexibility index (Phi) is 4.50. The Labute approximate surface area is 110 Å². The molecule has 0 unspecified atom stereocenters. The number of halogens is 1. The van der Waals surface area contributed by atoms with Crippen molar-refractivity contribution in [3.05, 3.63) is 28.5 Å². The van der Waals surface area contributed by atoms with E-state index < -0.39 is 0 Å². The first-order valence-corrected chi connectivity index (χ1v) is 6.68. The molecule has 0 saturated carbocycles. The Bertz CT molecular complexity index is 391. The van der Waals surface area contributed by atoms with Crippen molar-refractivity contribution in [1.29, 1.82) is 0 Å². The summed E-state index contributed by atoms with van der Waals surface area (Å²) in [7, 11) is 0. The van der Waals surface area contributed by atoms with Gasteiger partial charge in [-0.15, -0.1) is 0 Å². The van der Waals surface area contributed by atoms with E-state index in [0.717, 1.165) is 24.1 Å². The first-order chi connectivity index (χ1) is 8.27. The molecule has 0 aliphatic carbocycles. The molecular weight excluding hydrogens is 282 g/mol. The minimum atomic E-state index is -0.114. The molecule has 5 heteroatoms. The van der Waals surface area contributed by atoms with E-state index in [1.54, 1.807) is 12.3 Å². The fraction of sp³-hybridized carbons (Fsp3) is 0.500. The average molecular weight is 298 g/mol. The van der Waals surface area contributed by atoms with Crippen LogP contribution < -0.4 is 5.32 Å². The molecule has 0 atom stereocenters. The molecular formula is C12H16BrN3O. The van der Waals surface area contributed by atoms with Gasteiger partial charge in [0.25, 0.3) is 5.91 Å². The van der Waals surface area contributed by atoms with Crippen molar-refractivity contribution >= 4 is 21.8 Å². The number of nitrogens with one attached hydrogen (secondary N) is 1. The molecule has 2 heterocycles. The maximum Gasteiger partial charge on any atom is 0.271 e. The molecule has 1 amide bonds. The quantitative estimate of drug-likeness (QED) is 0.919. The Morgan fingerprint density at radius 2 is 2.24 bits per heavy atom. The van der Waals surface area contributed by atoms with Crippen LogP contribution in [0.5, 0.6) is 0 Å². The summed E-state index contributed by atoms with van der Waals surface area (Å²) in [5.74, 6) is -0.114. The normalized spacial score (nSPS) is 16.1.